The van der Waals surface area contributed by atoms with E-state index in [0.717, 1.165) is 0 Å². The molecule has 2 rings (SSSR count). The molecule has 23 heteroatoms. The number of primary amides is 1. The number of aliphatic imine (C=N–C) groups is 1. The Morgan fingerprint density at radius 2 is 1.62 bits per heavy atom. The average Bonchev–Trinajstić information content (AvgIpc) is 3.02. The van der Waals surface area contributed by atoms with E-state index in [-0.39, 0.29) is 18.8 Å². The number of carbonyl (C=O) groups excluding carboxylic acids is 7. The van der Waals surface area contributed by atoms with E-state index >= 15 is 0 Å². The standard InChI is InChI=1S/C25H43N13O10/c26-3-1-2-10(27)4-16(41)32-12-6-30-23(47)18(11-5-17(42)37-24(28)36-11)38-20(44)13(7-31-25(29)48)33-21(45)14(8-39)35-22(46)15(9-40)34-19(12)43/h7,10-12,14-15,17-18,39-40,42H,1-6,8-9,26-27H2,(H,30,47)(H,32,41)(H,33,45)(H,34,43)(H,35,46)(H,38,44)(H3,28,36,37)(H3,29,31,48)/b13-7+/t10-,11-,12+,14-,15-,17-,18-/m0/s1. The molecule has 0 bridgehead atoms. The zero-order valence-corrected chi connectivity index (χ0v) is 25.7. The van der Waals surface area contributed by atoms with Crippen LogP contribution in [0.4, 0.5) is 4.79 Å². The fraction of sp³-hybridized carbons (Fsp3) is 0.600. The minimum Gasteiger partial charge on any atom is -0.394 e. The summed E-state index contributed by atoms with van der Waals surface area (Å²) in [5, 5.41) is 47.9. The van der Waals surface area contributed by atoms with Crippen molar-refractivity contribution in [2.75, 3.05) is 26.3 Å². The van der Waals surface area contributed by atoms with Crippen LogP contribution in [0, 0.1) is 0 Å². The molecule has 0 aromatic heterocycles. The van der Waals surface area contributed by atoms with Crippen molar-refractivity contribution in [2.45, 2.75) is 68.2 Å². The molecule has 48 heavy (non-hydrogen) atoms. The maximum atomic E-state index is 13.6. The molecule has 23 nitrogen and oxygen atoms in total. The molecule has 2 heterocycles. The van der Waals surface area contributed by atoms with Crippen molar-refractivity contribution < 1.29 is 48.9 Å². The number of nitrogens with one attached hydrogen (secondary N) is 8. The second kappa shape index (κ2) is 18.9. The Morgan fingerprint density at radius 1 is 0.979 bits per heavy atom. The van der Waals surface area contributed by atoms with Gasteiger partial charge in [0.1, 0.15) is 29.9 Å². The van der Waals surface area contributed by atoms with Gasteiger partial charge >= 0.3 is 6.03 Å². The molecule has 7 atom stereocenters. The van der Waals surface area contributed by atoms with Crippen molar-refractivity contribution in [3.05, 3.63) is 11.9 Å². The zero-order valence-electron chi connectivity index (χ0n) is 25.7. The lowest BCUT2D eigenvalue weighted by Gasteiger charge is -2.33. The van der Waals surface area contributed by atoms with Crippen LogP contribution in [0.1, 0.15) is 25.7 Å². The molecule has 0 unspecified atom stereocenters. The molecule has 0 aromatic carbocycles. The summed E-state index contributed by atoms with van der Waals surface area (Å²) in [6.45, 7) is -2.36. The highest BCUT2D eigenvalue weighted by atomic mass is 16.3. The van der Waals surface area contributed by atoms with Crippen LogP contribution in [0.15, 0.2) is 16.9 Å². The largest absolute Gasteiger partial charge is 0.394 e. The van der Waals surface area contributed by atoms with Crippen molar-refractivity contribution in [3.63, 3.8) is 0 Å². The molecular weight excluding hydrogens is 642 g/mol. The molecule has 0 radical (unpaired) electrons. The van der Waals surface area contributed by atoms with Crippen molar-refractivity contribution in [1.29, 1.82) is 0 Å². The van der Waals surface area contributed by atoms with Crippen LogP contribution in [-0.2, 0) is 28.8 Å². The molecule has 0 aromatic rings. The van der Waals surface area contributed by atoms with Gasteiger partial charge in [-0.15, -0.1) is 0 Å². The van der Waals surface area contributed by atoms with Gasteiger partial charge < -0.3 is 80.8 Å². The van der Waals surface area contributed by atoms with E-state index in [1.54, 1.807) is 0 Å². The minimum atomic E-state index is -1.78. The van der Waals surface area contributed by atoms with Gasteiger partial charge in [-0.05, 0) is 19.4 Å². The second-order valence-electron chi connectivity index (χ2n) is 10.7. The summed E-state index contributed by atoms with van der Waals surface area (Å²) in [6.07, 6.45) is -0.339. The lowest BCUT2D eigenvalue weighted by Crippen LogP contribution is -2.64. The Hall–Kier alpha value is -5.10. The number of rotatable bonds is 10. The molecule has 8 amide bonds. The number of aliphatic hydroxyl groups excluding tert-OH is 3. The summed E-state index contributed by atoms with van der Waals surface area (Å²) in [5.41, 5.74) is 21.5. The summed E-state index contributed by atoms with van der Waals surface area (Å²) < 4.78 is 0. The molecule has 2 aliphatic heterocycles. The highest BCUT2D eigenvalue weighted by molar-refractivity contribution is 6.02. The van der Waals surface area contributed by atoms with Crippen molar-refractivity contribution >= 4 is 47.4 Å². The van der Waals surface area contributed by atoms with Gasteiger partial charge in [0.15, 0.2) is 12.2 Å². The second-order valence-corrected chi connectivity index (χ2v) is 10.7. The summed E-state index contributed by atoms with van der Waals surface area (Å²) in [6, 6.07) is -9.66. The first-order valence-electron chi connectivity index (χ1n) is 14.7. The Kier molecular flexibility index (Phi) is 15.4. The third-order valence-corrected chi connectivity index (χ3v) is 6.91. The number of urea groups is 1. The topological polar surface area (TPSA) is 393 Å². The molecule has 1 saturated heterocycles. The smallest absolute Gasteiger partial charge is 0.316 e. The maximum Gasteiger partial charge on any atom is 0.316 e. The molecule has 0 saturated carbocycles. The third kappa shape index (κ3) is 12.3. The van der Waals surface area contributed by atoms with Crippen LogP contribution in [0.5, 0.6) is 0 Å². The van der Waals surface area contributed by atoms with E-state index in [4.69, 9.17) is 22.9 Å². The van der Waals surface area contributed by atoms with Crippen LogP contribution in [0.25, 0.3) is 0 Å². The van der Waals surface area contributed by atoms with Crippen LogP contribution in [-0.4, -0.2) is 132 Å². The lowest BCUT2D eigenvalue weighted by molar-refractivity contribution is -0.135. The van der Waals surface area contributed by atoms with Crippen LogP contribution >= 0.6 is 0 Å². The Bertz CT molecular complexity index is 1280. The molecule has 268 valence electrons. The quantitative estimate of drug-likeness (QED) is 0.0950. The normalized spacial score (nSPS) is 27.6. The molecule has 1 fully saturated rings. The SMILES string of the molecule is NCCC[C@H](N)CC(=O)N[C@@H]1CNC(=O)[C@H]([C@@H]2C[C@H](O)N=C(N)N2)NC(=O)/C(=C\NC(N)=O)NC(=O)[C@H](CO)NC(=O)[C@H](CO)NC1=O. The number of carbonyl (C=O) groups is 7. The van der Waals surface area contributed by atoms with Gasteiger partial charge in [0.2, 0.25) is 29.5 Å². The number of hydrogen-bond donors (Lipinski definition) is 15. The third-order valence-electron chi connectivity index (χ3n) is 6.91. The van der Waals surface area contributed by atoms with Crippen LogP contribution in [0.2, 0.25) is 0 Å². The Balaban J connectivity index is 2.54. The zero-order chi connectivity index (χ0) is 36.0. The molecule has 0 aliphatic carbocycles. The maximum absolute atomic E-state index is 13.6. The van der Waals surface area contributed by atoms with Gasteiger partial charge in [-0.25, -0.2) is 9.79 Å². The number of amides is 8. The fourth-order valence-electron chi connectivity index (χ4n) is 4.46. The highest BCUT2D eigenvalue weighted by Crippen LogP contribution is 2.11. The molecule has 0 spiro atoms. The van der Waals surface area contributed by atoms with Crippen LogP contribution < -0.4 is 65.5 Å². The highest BCUT2D eigenvalue weighted by Gasteiger charge is 2.37. The van der Waals surface area contributed by atoms with Crippen molar-refractivity contribution in [2.24, 2.45) is 27.9 Å². The van der Waals surface area contributed by atoms with Gasteiger partial charge in [0, 0.05) is 31.6 Å². The predicted octanol–water partition coefficient (Wildman–Crippen LogP) is -8.88. The molecular formula is C25H43N13O10. The van der Waals surface area contributed by atoms with E-state index in [9.17, 15) is 48.9 Å². The number of aliphatic hydroxyl groups is 3. The number of nitrogens with zero attached hydrogens (tertiary/aromatic N) is 1. The lowest BCUT2D eigenvalue weighted by atomic mass is 10.0. The first-order chi connectivity index (χ1) is 22.7. The summed E-state index contributed by atoms with van der Waals surface area (Å²) >= 11 is 0. The summed E-state index contributed by atoms with van der Waals surface area (Å²) in [7, 11) is 0. The van der Waals surface area contributed by atoms with Gasteiger partial charge in [-0.1, -0.05) is 0 Å². The Morgan fingerprint density at radius 3 is 2.23 bits per heavy atom. The summed E-state index contributed by atoms with van der Waals surface area (Å²) in [4.78, 5) is 94.0. The number of nitrogens with two attached hydrogens (primary N) is 4. The van der Waals surface area contributed by atoms with E-state index in [1.165, 1.54) is 0 Å². The monoisotopic (exact) mass is 685 g/mol. The first-order valence-corrected chi connectivity index (χ1v) is 14.7. The predicted molar refractivity (Wildman–Crippen MR) is 164 cm³/mol. The van der Waals surface area contributed by atoms with Gasteiger partial charge in [-0.2, -0.15) is 0 Å². The molecule has 19 N–H and O–H groups in total. The van der Waals surface area contributed by atoms with Crippen LogP contribution in [0.3, 0.4) is 0 Å². The van der Waals surface area contributed by atoms with E-state index in [2.05, 4.69) is 42.2 Å². The van der Waals surface area contributed by atoms with E-state index in [1.807, 2.05) is 5.32 Å². The minimum absolute atomic E-state index is 0.245. The molecule has 2 aliphatic rings. The van der Waals surface area contributed by atoms with Crippen molar-refractivity contribution in [1.82, 2.24) is 42.5 Å². The average molecular weight is 686 g/mol. The Labute approximate surface area is 273 Å². The fourth-order valence-corrected chi connectivity index (χ4v) is 4.46. The van der Waals surface area contributed by atoms with Gasteiger partial charge in [0.05, 0.1) is 19.3 Å². The van der Waals surface area contributed by atoms with Crippen molar-refractivity contribution in [3.8, 4) is 0 Å². The van der Waals surface area contributed by atoms with E-state index < -0.39 is 109 Å². The van der Waals surface area contributed by atoms with Gasteiger partial charge in [0.25, 0.3) is 5.91 Å². The number of hydrogen-bond acceptors (Lipinski definition) is 15. The van der Waals surface area contributed by atoms with Gasteiger partial charge in [-0.3, -0.25) is 28.8 Å². The number of guanidine groups is 1. The first kappa shape index (κ1) is 39.1. The van der Waals surface area contributed by atoms with E-state index in [0.29, 0.717) is 25.6 Å². The summed E-state index contributed by atoms with van der Waals surface area (Å²) in [5.74, 6) is -6.65.